The molecule has 0 atom stereocenters. The Morgan fingerprint density at radius 1 is 1.00 bits per heavy atom. The quantitative estimate of drug-likeness (QED) is 0.415. The number of ether oxygens (including phenoxy) is 2. The lowest BCUT2D eigenvalue weighted by Gasteiger charge is -2.12. The summed E-state index contributed by atoms with van der Waals surface area (Å²) < 4.78 is 10.6. The number of carbonyl (C=O) groups excluding carboxylic acids is 1. The van der Waals surface area contributed by atoms with Gasteiger partial charge in [0, 0.05) is 11.3 Å². The van der Waals surface area contributed by atoms with Gasteiger partial charge in [-0.15, -0.1) is 10.2 Å². The number of rotatable bonds is 6. The van der Waals surface area contributed by atoms with Gasteiger partial charge in [-0.25, -0.2) is 0 Å². The molecule has 0 radical (unpaired) electrons. The molecule has 0 spiro atoms. The number of methoxy groups -OCH3 is 1. The summed E-state index contributed by atoms with van der Waals surface area (Å²) in [6.45, 7) is 4.41. The van der Waals surface area contributed by atoms with Crippen LogP contribution in [0.25, 0.3) is 16.7 Å². The van der Waals surface area contributed by atoms with Crippen molar-refractivity contribution in [3.05, 3.63) is 71.8 Å². The maximum absolute atomic E-state index is 12.5. The topological polar surface area (TPSA) is 90.3 Å². The number of aryl methyl sites for hydroxylation is 1. The molecule has 4 aromatic rings. The second-order valence-electron chi connectivity index (χ2n) is 7.21. The molecule has 1 amide bonds. The number of amides is 1. The van der Waals surface area contributed by atoms with Crippen LogP contribution in [0.4, 0.5) is 5.69 Å². The van der Waals surface area contributed by atoms with Gasteiger partial charge in [-0.3, -0.25) is 10.1 Å². The fraction of sp³-hybridized carbons (Fsp3) is 0.167. The zero-order chi connectivity index (χ0) is 23.4. The van der Waals surface area contributed by atoms with Crippen LogP contribution < -0.4 is 20.1 Å². The predicted molar refractivity (Wildman–Crippen MR) is 131 cm³/mol. The molecule has 1 aromatic heterocycles. The van der Waals surface area contributed by atoms with Crippen molar-refractivity contribution in [1.29, 1.82) is 0 Å². The smallest absolute Gasteiger partial charge is 0.257 e. The van der Waals surface area contributed by atoms with Crippen molar-refractivity contribution in [3.63, 3.8) is 0 Å². The van der Waals surface area contributed by atoms with Gasteiger partial charge in [-0.2, -0.15) is 4.80 Å². The number of anilines is 1. The molecule has 0 saturated carbocycles. The molecule has 33 heavy (non-hydrogen) atoms. The molecule has 4 rings (SSSR count). The molecule has 3 aromatic carbocycles. The van der Waals surface area contributed by atoms with Crippen LogP contribution in [0.1, 0.15) is 22.8 Å². The minimum atomic E-state index is -0.306. The Labute approximate surface area is 196 Å². The summed E-state index contributed by atoms with van der Waals surface area (Å²) in [5.41, 5.74) is 4.40. The van der Waals surface area contributed by atoms with E-state index >= 15 is 0 Å². The largest absolute Gasteiger partial charge is 0.497 e. The van der Waals surface area contributed by atoms with E-state index < -0.39 is 0 Å². The molecule has 168 valence electrons. The number of benzene rings is 3. The van der Waals surface area contributed by atoms with Crippen LogP contribution in [0.5, 0.6) is 11.5 Å². The molecule has 0 aliphatic heterocycles. The van der Waals surface area contributed by atoms with E-state index in [0.717, 1.165) is 28.2 Å². The molecule has 0 bridgehead atoms. The zero-order valence-electron chi connectivity index (χ0n) is 18.5. The van der Waals surface area contributed by atoms with E-state index in [-0.39, 0.29) is 11.0 Å². The highest BCUT2D eigenvalue weighted by Gasteiger charge is 2.12. The van der Waals surface area contributed by atoms with Gasteiger partial charge in [0.05, 0.1) is 19.4 Å². The molecule has 0 aliphatic rings. The lowest BCUT2D eigenvalue weighted by Crippen LogP contribution is -2.34. The standard InChI is InChI=1S/C24H23N5O3S/c1-4-32-19-9-5-16(6-10-19)23(30)26-24(33)25-20-14-22-21(13-15(20)2)27-29(28-22)17-7-11-18(31-3)12-8-17/h5-14H,4H2,1-3H3,(H2,25,26,30,33). The van der Waals surface area contributed by atoms with Gasteiger partial charge in [0.2, 0.25) is 0 Å². The monoisotopic (exact) mass is 461 g/mol. The van der Waals surface area contributed by atoms with Gasteiger partial charge >= 0.3 is 0 Å². The first-order valence-corrected chi connectivity index (χ1v) is 10.7. The lowest BCUT2D eigenvalue weighted by molar-refractivity contribution is 0.0977. The second-order valence-corrected chi connectivity index (χ2v) is 7.62. The van der Waals surface area contributed by atoms with Crippen molar-refractivity contribution in [1.82, 2.24) is 20.3 Å². The van der Waals surface area contributed by atoms with Crippen LogP contribution in [0.15, 0.2) is 60.7 Å². The SMILES string of the molecule is CCOc1ccc(C(=O)NC(=S)Nc2cc3nn(-c4ccc(OC)cc4)nc3cc2C)cc1. The van der Waals surface area contributed by atoms with Crippen LogP contribution in [-0.4, -0.2) is 39.7 Å². The maximum Gasteiger partial charge on any atom is 0.257 e. The Kier molecular flexibility index (Phi) is 6.50. The van der Waals surface area contributed by atoms with Gasteiger partial charge in [0.15, 0.2) is 5.11 Å². The Morgan fingerprint density at radius 2 is 1.64 bits per heavy atom. The van der Waals surface area contributed by atoms with E-state index in [1.807, 2.05) is 50.2 Å². The summed E-state index contributed by atoms with van der Waals surface area (Å²) in [5.74, 6) is 1.17. The van der Waals surface area contributed by atoms with Crippen molar-refractivity contribution < 1.29 is 14.3 Å². The van der Waals surface area contributed by atoms with Crippen molar-refractivity contribution in [3.8, 4) is 17.2 Å². The first kappa shape index (κ1) is 22.2. The third-order valence-corrected chi connectivity index (χ3v) is 5.14. The van der Waals surface area contributed by atoms with Gasteiger partial charge in [-0.1, -0.05) is 0 Å². The summed E-state index contributed by atoms with van der Waals surface area (Å²) >= 11 is 5.35. The van der Waals surface area contributed by atoms with E-state index in [1.54, 1.807) is 36.2 Å². The summed E-state index contributed by atoms with van der Waals surface area (Å²) in [6.07, 6.45) is 0. The number of hydrogen-bond acceptors (Lipinski definition) is 6. The van der Waals surface area contributed by atoms with Gasteiger partial charge in [0.25, 0.3) is 5.91 Å². The number of thiocarbonyl (C=S) groups is 1. The van der Waals surface area contributed by atoms with Gasteiger partial charge in [0.1, 0.15) is 22.5 Å². The summed E-state index contributed by atoms with van der Waals surface area (Å²) in [6, 6.07) is 18.1. The fourth-order valence-electron chi connectivity index (χ4n) is 3.23. The van der Waals surface area contributed by atoms with E-state index in [1.165, 1.54) is 0 Å². The molecule has 8 nitrogen and oxygen atoms in total. The van der Waals surface area contributed by atoms with Crippen LogP contribution in [0.3, 0.4) is 0 Å². The minimum Gasteiger partial charge on any atom is -0.497 e. The Bertz CT molecular complexity index is 1300. The number of nitrogens with one attached hydrogen (secondary N) is 2. The number of aromatic nitrogens is 3. The average Bonchev–Trinajstić information content (AvgIpc) is 3.22. The zero-order valence-corrected chi connectivity index (χ0v) is 19.3. The van der Waals surface area contributed by atoms with Gasteiger partial charge in [-0.05, 0) is 92.3 Å². The number of fused-ring (bicyclic) bond motifs is 1. The molecule has 1 heterocycles. The van der Waals surface area contributed by atoms with Crippen molar-refractivity contribution in [2.45, 2.75) is 13.8 Å². The number of nitrogens with zero attached hydrogens (tertiary/aromatic N) is 3. The summed E-state index contributed by atoms with van der Waals surface area (Å²) in [5, 5.41) is 15.1. The lowest BCUT2D eigenvalue weighted by atomic mass is 10.2. The first-order valence-electron chi connectivity index (χ1n) is 10.3. The molecule has 9 heteroatoms. The molecule has 0 fully saturated rings. The number of carbonyl (C=O) groups is 1. The van der Waals surface area contributed by atoms with Crippen LogP contribution >= 0.6 is 12.2 Å². The van der Waals surface area contributed by atoms with Gasteiger partial charge < -0.3 is 14.8 Å². The Morgan fingerprint density at radius 3 is 2.27 bits per heavy atom. The summed E-state index contributed by atoms with van der Waals surface area (Å²) in [7, 11) is 1.62. The highest BCUT2D eigenvalue weighted by atomic mass is 32.1. The second kappa shape index (κ2) is 9.66. The van der Waals surface area contributed by atoms with Crippen LogP contribution in [-0.2, 0) is 0 Å². The predicted octanol–water partition coefficient (Wildman–Crippen LogP) is 4.26. The van der Waals surface area contributed by atoms with Crippen molar-refractivity contribution in [2.75, 3.05) is 19.0 Å². The average molecular weight is 462 g/mol. The maximum atomic E-state index is 12.5. The van der Waals surface area contributed by atoms with E-state index in [4.69, 9.17) is 21.7 Å². The molecule has 0 unspecified atom stereocenters. The van der Waals surface area contributed by atoms with Crippen molar-refractivity contribution in [2.24, 2.45) is 0 Å². The van der Waals surface area contributed by atoms with E-state index in [9.17, 15) is 4.79 Å². The van der Waals surface area contributed by atoms with Crippen LogP contribution in [0, 0.1) is 6.92 Å². The molecule has 2 N–H and O–H groups in total. The molecular weight excluding hydrogens is 438 g/mol. The van der Waals surface area contributed by atoms with E-state index in [0.29, 0.717) is 23.4 Å². The Balaban J connectivity index is 1.47. The molecular formula is C24H23N5O3S. The minimum absolute atomic E-state index is 0.193. The number of hydrogen-bond donors (Lipinski definition) is 2. The first-order chi connectivity index (χ1) is 16.0. The van der Waals surface area contributed by atoms with Crippen molar-refractivity contribution >= 4 is 40.0 Å². The third kappa shape index (κ3) is 5.09. The third-order valence-electron chi connectivity index (χ3n) is 4.93. The Hall–Kier alpha value is -3.98. The molecule has 0 aliphatic carbocycles. The fourth-order valence-corrected chi connectivity index (χ4v) is 3.43. The van der Waals surface area contributed by atoms with Crippen LogP contribution in [0.2, 0.25) is 0 Å². The summed E-state index contributed by atoms with van der Waals surface area (Å²) in [4.78, 5) is 14.1. The van der Waals surface area contributed by atoms with E-state index in [2.05, 4.69) is 20.8 Å². The highest BCUT2D eigenvalue weighted by molar-refractivity contribution is 7.80. The molecule has 0 saturated heterocycles. The normalized spacial score (nSPS) is 10.6. The highest BCUT2D eigenvalue weighted by Crippen LogP contribution is 2.23.